The SMILES string of the molecule is Cc1cc(C)c2c(N)c(C(=O)OC(C(=O)NC3CC3)c3ccccc3)sc2n1. The average Bonchev–Trinajstić information content (AvgIpc) is 3.41. The Morgan fingerprint density at radius 2 is 1.96 bits per heavy atom. The Bertz CT molecular complexity index is 1060. The Kier molecular flexibility index (Phi) is 4.77. The molecule has 1 unspecified atom stereocenters. The molecule has 2 aromatic heterocycles. The van der Waals surface area contributed by atoms with Crippen LogP contribution < -0.4 is 11.1 Å². The molecular formula is C21H21N3O3S. The molecule has 6 nitrogen and oxygen atoms in total. The van der Waals surface area contributed by atoms with E-state index in [2.05, 4.69) is 10.3 Å². The first-order chi connectivity index (χ1) is 13.4. The van der Waals surface area contributed by atoms with E-state index in [9.17, 15) is 9.59 Å². The molecule has 4 rings (SSSR count). The van der Waals surface area contributed by atoms with Crippen LogP contribution in [0, 0.1) is 13.8 Å². The summed E-state index contributed by atoms with van der Waals surface area (Å²) in [6.45, 7) is 3.83. The van der Waals surface area contributed by atoms with Crippen molar-refractivity contribution >= 4 is 39.1 Å². The summed E-state index contributed by atoms with van der Waals surface area (Å²) in [5, 5.41) is 3.68. The van der Waals surface area contributed by atoms with Crippen LogP contribution in [0.5, 0.6) is 0 Å². The molecular weight excluding hydrogens is 374 g/mol. The third-order valence-corrected chi connectivity index (χ3v) is 5.78. The van der Waals surface area contributed by atoms with Crippen LogP contribution in [0.3, 0.4) is 0 Å². The van der Waals surface area contributed by atoms with E-state index in [0.29, 0.717) is 16.1 Å². The Hall–Kier alpha value is -2.93. The molecule has 1 aliphatic rings. The van der Waals surface area contributed by atoms with Crippen molar-refractivity contribution in [1.82, 2.24) is 10.3 Å². The van der Waals surface area contributed by atoms with Crippen LogP contribution in [0.2, 0.25) is 0 Å². The predicted molar refractivity (Wildman–Crippen MR) is 109 cm³/mol. The number of carbonyl (C=O) groups excluding carboxylic acids is 2. The molecule has 28 heavy (non-hydrogen) atoms. The summed E-state index contributed by atoms with van der Waals surface area (Å²) in [7, 11) is 0. The van der Waals surface area contributed by atoms with Crippen molar-refractivity contribution in [3.05, 3.63) is 58.1 Å². The highest BCUT2D eigenvalue weighted by Crippen LogP contribution is 2.36. The molecule has 1 fully saturated rings. The standard InChI is InChI=1S/C21H21N3O3S/c1-11-10-12(2)23-20-15(11)16(22)18(28-20)21(26)27-17(13-6-4-3-5-7-13)19(25)24-14-8-9-14/h3-7,10,14,17H,8-9,22H2,1-2H3,(H,24,25). The van der Waals surface area contributed by atoms with Gasteiger partial charge in [-0.1, -0.05) is 30.3 Å². The average molecular weight is 395 g/mol. The lowest BCUT2D eigenvalue weighted by molar-refractivity contribution is -0.130. The Morgan fingerprint density at radius 3 is 2.64 bits per heavy atom. The molecule has 0 spiro atoms. The number of nitrogen functional groups attached to an aromatic ring is 1. The van der Waals surface area contributed by atoms with Gasteiger partial charge < -0.3 is 15.8 Å². The van der Waals surface area contributed by atoms with Crippen molar-refractivity contribution in [2.75, 3.05) is 5.73 Å². The summed E-state index contributed by atoms with van der Waals surface area (Å²) in [6, 6.07) is 11.1. The highest BCUT2D eigenvalue weighted by Gasteiger charge is 2.32. The van der Waals surface area contributed by atoms with E-state index < -0.39 is 12.1 Å². The molecule has 0 aliphatic heterocycles. The predicted octanol–water partition coefficient (Wildman–Crippen LogP) is 3.67. The quantitative estimate of drug-likeness (QED) is 0.643. The highest BCUT2D eigenvalue weighted by atomic mass is 32.1. The highest BCUT2D eigenvalue weighted by molar-refractivity contribution is 7.21. The number of nitrogens with zero attached hydrogens (tertiary/aromatic N) is 1. The van der Waals surface area contributed by atoms with Crippen LogP contribution in [0.25, 0.3) is 10.2 Å². The number of amides is 1. The Morgan fingerprint density at radius 1 is 1.25 bits per heavy atom. The summed E-state index contributed by atoms with van der Waals surface area (Å²) < 4.78 is 5.65. The number of anilines is 1. The van der Waals surface area contributed by atoms with Crippen LogP contribution in [0.15, 0.2) is 36.4 Å². The van der Waals surface area contributed by atoms with Gasteiger partial charge in [-0.3, -0.25) is 4.79 Å². The number of carbonyl (C=O) groups is 2. The van der Waals surface area contributed by atoms with Gasteiger partial charge >= 0.3 is 5.97 Å². The van der Waals surface area contributed by atoms with E-state index in [1.54, 1.807) is 12.1 Å². The van der Waals surface area contributed by atoms with Gasteiger partial charge in [-0.2, -0.15) is 0 Å². The van der Waals surface area contributed by atoms with Crippen LogP contribution >= 0.6 is 11.3 Å². The largest absolute Gasteiger partial charge is 0.443 e. The summed E-state index contributed by atoms with van der Waals surface area (Å²) in [5.41, 5.74) is 9.03. The molecule has 1 atom stereocenters. The molecule has 3 N–H and O–H groups in total. The van der Waals surface area contributed by atoms with Crippen LogP contribution in [-0.4, -0.2) is 22.9 Å². The van der Waals surface area contributed by atoms with Gasteiger partial charge in [0.2, 0.25) is 6.10 Å². The van der Waals surface area contributed by atoms with E-state index in [-0.39, 0.29) is 16.8 Å². The van der Waals surface area contributed by atoms with Gasteiger partial charge in [-0.05, 0) is 38.3 Å². The number of hydrogen-bond donors (Lipinski definition) is 2. The fourth-order valence-electron chi connectivity index (χ4n) is 3.19. The molecule has 1 aliphatic carbocycles. The number of hydrogen-bond acceptors (Lipinski definition) is 6. The summed E-state index contributed by atoms with van der Waals surface area (Å²) >= 11 is 1.19. The van der Waals surface area contributed by atoms with Crippen LogP contribution in [0.1, 0.15) is 45.4 Å². The summed E-state index contributed by atoms with van der Waals surface area (Å²) in [4.78, 5) is 31.1. The number of benzene rings is 1. The lowest BCUT2D eigenvalue weighted by Gasteiger charge is -2.17. The van der Waals surface area contributed by atoms with E-state index in [4.69, 9.17) is 10.5 Å². The number of thiophene rings is 1. The van der Waals surface area contributed by atoms with Gasteiger partial charge in [-0.15, -0.1) is 11.3 Å². The number of aryl methyl sites for hydroxylation is 2. The summed E-state index contributed by atoms with van der Waals surface area (Å²) in [5.74, 6) is -0.927. The van der Waals surface area contributed by atoms with Gasteiger partial charge in [0.15, 0.2) is 0 Å². The lowest BCUT2D eigenvalue weighted by atomic mass is 10.1. The van der Waals surface area contributed by atoms with Crippen LogP contribution in [-0.2, 0) is 9.53 Å². The number of ether oxygens (including phenoxy) is 1. The van der Waals surface area contributed by atoms with Crippen molar-refractivity contribution in [2.45, 2.75) is 38.8 Å². The second-order valence-electron chi connectivity index (χ2n) is 7.08. The Balaban J connectivity index is 1.66. The molecule has 144 valence electrons. The normalized spacial score (nSPS) is 14.6. The number of nitrogens with one attached hydrogen (secondary N) is 1. The van der Waals surface area contributed by atoms with Gasteiger partial charge in [0.05, 0.1) is 5.69 Å². The topological polar surface area (TPSA) is 94.3 Å². The molecule has 0 bridgehead atoms. The second-order valence-corrected chi connectivity index (χ2v) is 8.08. The number of aromatic nitrogens is 1. The van der Waals surface area contributed by atoms with Crippen molar-refractivity contribution in [2.24, 2.45) is 0 Å². The molecule has 2 heterocycles. The van der Waals surface area contributed by atoms with Crippen molar-refractivity contribution in [1.29, 1.82) is 0 Å². The van der Waals surface area contributed by atoms with Gasteiger partial charge in [0.1, 0.15) is 9.71 Å². The number of rotatable bonds is 5. The zero-order chi connectivity index (χ0) is 19.8. The van der Waals surface area contributed by atoms with E-state index in [1.165, 1.54) is 11.3 Å². The fourth-order valence-corrected chi connectivity index (χ4v) is 4.29. The van der Waals surface area contributed by atoms with E-state index in [1.807, 2.05) is 38.1 Å². The number of fused-ring (bicyclic) bond motifs is 1. The molecule has 1 aromatic carbocycles. The first kappa shape index (κ1) is 18.4. The Labute approximate surface area is 166 Å². The molecule has 3 aromatic rings. The molecule has 0 saturated heterocycles. The maximum absolute atomic E-state index is 12.9. The maximum Gasteiger partial charge on any atom is 0.351 e. The van der Waals surface area contributed by atoms with Gasteiger partial charge in [0, 0.05) is 22.7 Å². The van der Waals surface area contributed by atoms with Crippen LogP contribution in [0.4, 0.5) is 5.69 Å². The number of pyridine rings is 1. The fraction of sp³-hybridized carbons (Fsp3) is 0.286. The minimum Gasteiger partial charge on any atom is -0.443 e. The zero-order valence-electron chi connectivity index (χ0n) is 15.7. The monoisotopic (exact) mass is 395 g/mol. The lowest BCUT2D eigenvalue weighted by Crippen LogP contribution is -2.33. The number of nitrogens with two attached hydrogens (primary N) is 1. The third kappa shape index (κ3) is 3.57. The second kappa shape index (κ2) is 7.24. The molecule has 0 radical (unpaired) electrons. The van der Waals surface area contributed by atoms with Crippen molar-refractivity contribution in [3.63, 3.8) is 0 Å². The minimum absolute atomic E-state index is 0.168. The molecule has 1 amide bonds. The zero-order valence-corrected chi connectivity index (χ0v) is 16.5. The van der Waals surface area contributed by atoms with E-state index in [0.717, 1.165) is 29.5 Å². The number of esters is 1. The van der Waals surface area contributed by atoms with E-state index >= 15 is 0 Å². The molecule has 7 heteroatoms. The summed E-state index contributed by atoms with van der Waals surface area (Å²) in [6.07, 6.45) is 0.887. The van der Waals surface area contributed by atoms with Gasteiger partial charge in [0.25, 0.3) is 5.91 Å². The first-order valence-corrected chi connectivity index (χ1v) is 9.98. The van der Waals surface area contributed by atoms with Gasteiger partial charge in [-0.25, -0.2) is 9.78 Å². The maximum atomic E-state index is 12.9. The van der Waals surface area contributed by atoms with Crippen molar-refractivity contribution < 1.29 is 14.3 Å². The minimum atomic E-state index is -1.02. The van der Waals surface area contributed by atoms with Crippen molar-refractivity contribution in [3.8, 4) is 0 Å². The first-order valence-electron chi connectivity index (χ1n) is 9.16. The smallest absolute Gasteiger partial charge is 0.351 e. The third-order valence-electron chi connectivity index (χ3n) is 4.70. The molecule has 1 saturated carbocycles.